The second kappa shape index (κ2) is 9.34. The number of ether oxygens (including phenoxy) is 1. The van der Waals surface area contributed by atoms with Crippen molar-refractivity contribution in [1.29, 1.82) is 0 Å². The summed E-state index contributed by atoms with van der Waals surface area (Å²) < 4.78 is 6.31. The van der Waals surface area contributed by atoms with E-state index in [0.29, 0.717) is 35.3 Å². The lowest BCUT2D eigenvalue weighted by Crippen LogP contribution is -2.31. The van der Waals surface area contributed by atoms with Crippen LogP contribution in [0.15, 0.2) is 53.3 Å². The largest absolute Gasteiger partial charge is 0.451 e. The maximum absolute atomic E-state index is 12.5. The SMILES string of the molecule is CCn1nc(C(=O)OCC(=O)NCCc2ccc(Cl)cc2)c2ccccc2c1=O. The van der Waals surface area contributed by atoms with Gasteiger partial charge in [-0.15, -0.1) is 0 Å². The highest BCUT2D eigenvalue weighted by Crippen LogP contribution is 2.14. The molecule has 0 saturated carbocycles. The monoisotopic (exact) mass is 413 g/mol. The van der Waals surface area contributed by atoms with Gasteiger partial charge in [0.15, 0.2) is 12.3 Å². The lowest BCUT2D eigenvalue weighted by Gasteiger charge is -2.10. The molecule has 0 atom stereocenters. The highest BCUT2D eigenvalue weighted by molar-refractivity contribution is 6.30. The predicted octanol–water partition coefficient (Wildman–Crippen LogP) is 2.59. The fourth-order valence-electron chi connectivity index (χ4n) is 2.85. The maximum Gasteiger partial charge on any atom is 0.359 e. The molecular formula is C21H20ClN3O4. The van der Waals surface area contributed by atoms with Gasteiger partial charge >= 0.3 is 5.97 Å². The number of benzene rings is 2. The van der Waals surface area contributed by atoms with E-state index in [4.69, 9.17) is 16.3 Å². The summed E-state index contributed by atoms with van der Waals surface area (Å²) >= 11 is 5.84. The van der Waals surface area contributed by atoms with Crippen molar-refractivity contribution in [2.75, 3.05) is 13.2 Å². The molecule has 1 aromatic heterocycles. The van der Waals surface area contributed by atoms with Crippen LogP contribution in [0.3, 0.4) is 0 Å². The van der Waals surface area contributed by atoms with E-state index in [9.17, 15) is 14.4 Å². The topological polar surface area (TPSA) is 90.3 Å². The zero-order valence-electron chi connectivity index (χ0n) is 15.9. The number of hydrogen-bond donors (Lipinski definition) is 1. The Morgan fingerprint density at radius 2 is 1.79 bits per heavy atom. The minimum atomic E-state index is -0.753. The van der Waals surface area contributed by atoms with E-state index in [2.05, 4.69) is 10.4 Å². The van der Waals surface area contributed by atoms with E-state index < -0.39 is 18.5 Å². The molecule has 1 N–H and O–H groups in total. The molecule has 150 valence electrons. The zero-order chi connectivity index (χ0) is 20.8. The quantitative estimate of drug-likeness (QED) is 0.601. The van der Waals surface area contributed by atoms with Crippen molar-refractivity contribution in [3.8, 4) is 0 Å². The summed E-state index contributed by atoms with van der Waals surface area (Å²) in [6.45, 7) is 2.04. The number of carbonyl (C=O) groups excluding carboxylic acids is 2. The van der Waals surface area contributed by atoms with Gasteiger partial charge in [-0.25, -0.2) is 9.48 Å². The van der Waals surface area contributed by atoms with Crippen molar-refractivity contribution in [2.45, 2.75) is 19.9 Å². The molecule has 3 rings (SSSR count). The maximum atomic E-state index is 12.5. The van der Waals surface area contributed by atoms with E-state index in [1.165, 1.54) is 4.68 Å². The Morgan fingerprint density at radius 1 is 1.10 bits per heavy atom. The molecule has 0 bridgehead atoms. The molecule has 0 unspecified atom stereocenters. The third kappa shape index (κ3) is 5.00. The number of amides is 1. The van der Waals surface area contributed by atoms with Crippen LogP contribution in [0.25, 0.3) is 10.8 Å². The van der Waals surface area contributed by atoms with Crippen molar-refractivity contribution in [3.05, 3.63) is 75.2 Å². The molecule has 0 saturated heterocycles. The molecule has 0 aliphatic rings. The van der Waals surface area contributed by atoms with E-state index in [-0.39, 0.29) is 11.3 Å². The van der Waals surface area contributed by atoms with E-state index in [0.717, 1.165) is 5.56 Å². The second-order valence-electron chi connectivity index (χ2n) is 6.32. The van der Waals surface area contributed by atoms with Gasteiger partial charge in [-0.1, -0.05) is 41.9 Å². The van der Waals surface area contributed by atoms with Crippen LogP contribution in [0.4, 0.5) is 0 Å². The van der Waals surface area contributed by atoms with Gasteiger partial charge in [-0.05, 0) is 37.1 Å². The molecule has 1 amide bonds. The molecule has 29 heavy (non-hydrogen) atoms. The van der Waals surface area contributed by atoms with Crippen LogP contribution in [0, 0.1) is 0 Å². The first-order chi connectivity index (χ1) is 14.0. The summed E-state index contributed by atoms with van der Waals surface area (Å²) in [5, 5.41) is 8.22. The molecule has 0 aliphatic carbocycles. The van der Waals surface area contributed by atoms with Gasteiger partial charge < -0.3 is 10.1 Å². The van der Waals surface area contributed by atoms with Gasteiger partial charge in [0.25, 0.3) is 11.5 Å². The number of halogens is 1. The van der Waals surface area contributed by atoms with Gasteiger partial charge in [0.05, 0.1) is 5.39 Å². The Kier molecular flexibility index (Phi) is 6.61. The number of esters is 1. The second-order valence-corrected chi connectivity index (χ2v) is 6.75. The number of fused-ring (bicyclic) bond motifs is 1. The number of hydrogen-bond acceptors (Lipinski definition) is 5. The van der Waals surface area contributed by atoms with Crippen molar-refractivity contribution >= 4 is 34.2 Å². The van der Waals surface area contributed by atoms with Gasteiger partial charge in [-0.3, -0.25) is 9.59 Å². The fourth-order valence-corrected chi connectivity index (χ4v) is 2.97. The van der Waals surface area contributed by atoms with Crippen LogP contribution in [-0.4, -0.2) is 34.8 Å². The Morgan fingerprint density at radius 3 is 2.48 bits per heavy atom. The molecule has 0 radical (unpaired) electrons. The average Bonchev–Trinajstić information content (AvgIpc) is 2.74. The highest BCUT2D eigenvalue weighted by atomic mass is 35.5. The molecule has 0 spiro atoms. The Labute approximate surface area is 172 Å². The van der Waals surface area contributed by atoms with Gasteiger partial charge in [0.2, 0.25) is 0 Å². The Hall–Kier alpha value is -3.19. The van der Waals surface area contributed by atoms with Gasteiger partial charge in [0.1, 0.15) is 0 Å². The van der Waals surface area contributed by atoms with Crippen molar-refractivity contribution < 1.29 is 14.3 Å². The molecular weight excluding hydrogens is 394 g/mol. The minimum Gasteiger partial charge on any atom is -0.451 e. The first-order valence-electron chi connectivity index (χ1n) is 9.17. The molecule has 7 nitrogen and oxygen atoms in total. The summed E-state index contributed by atoms with van der Waals surface area (Å²) in [6.07, 6.45) is 0.629. The Bertz CT molecular complexity index is 1090. The molecule has 0 fully saturated rings. The number of nitrogens with one attached hydrogen (secondary N) is 1. The third-order valence-corrected chi connectivity index (χ3v) is 4.60. The molecule has 1 heterocycles. The molecule has 3 aromatic rings. The van der Waals surface area contributed by atoms with Crippen LogP contribution >= 0.6 is 11.6 Å². The van der Waals surface area contributed by atoms with Crippen LogP contribution in [0.2, 0.25) is 5.02 Å². The lowest BCUT2D eigenvalue weighted by atomic mass is 10.1. The number of nitrogens with zero attached hydrogens (tertiary/aromatic N) is 2. The van der Waals surface area contributed by atoms with Crippen molar-refractivity contribution in [3.63, 3.8) is 0 Å². The number of carbonyl (C=O) groups is 2. The molecule has 8 heteroatoms. The fraction of sp³-hybridized carbons (Fsp3) is 0.238. The number of aromatic nitrogens is 2. The van der Waals surface area contributed by atoms with E-state index >= 15 is 0 Å². The summed E-state index contributed by atoms with van der Waals surface area (Å²) in [5.41, 5.74) is 0.764. The van der Waals surface area contributed by atoms with Crippen molar-refractivity contribution in [1.82, 2.24) is 15.1 Å². The zero-order valence-corrected chi connectivity index (χ0v) is 16.6. The summed E-state index contributed by atoms with van der Waals surface area (Å²) in [7, 11) is 0. The average molecular weight is 414 g/mol. The number of rotatable bonds is 7. The normalized spacial score (nSPS) is 10.7. The smallest absolute Gasteiger partial charge is 0.359 e. The molecule has 2 aromatic carbocycles. The summed E-state index contributed by atoms with van der Waals surface area (Å²) in [6, 6.07) is 14.0. The highest BCUT2D eigenvalue weighted by Gasteiger charge is 2.18. The third-order valence-electron chi connectivity index (χ3n) is 4.34. The predicted molar refractivity (Wildman–Crippen MR) is 110 cm³/mol. The van der Waals surface area contributed by atoms with Crippen LogP contribution in [-0.2, 0) is 22.5 Å². The first-order valence-corrected chi connectivity index (χ1v) is 9.55. The van der Waals surface area contributed by atoms with Gasteiger partial charge in [-0.2, -0.15) is 5.10 Å². The van der Waals surface area contributed by atoms with Crippen LogP contribution in [0.1, 0.15) is 23.0 Å². The van der Waals surface area contributed by atoms with E-state index in [1.54, 1.807) is 43.3 Å². The van der Waals surface area contributed by atoms with Crippen molar-refractivity contribution in [2.24, 2.45) is 0 Å². The number of aryl methyl sites for hydroxylation is 1. The first kappa shape index (κ1) is 20.5. The minimum absolute atomic E-state index is 0.0102. The lowest BCUT2D eigenvalue weighted by molar-refractivity contribution is -0.124. The van der Waals surface area contributed by atoms with Gasteiger partial charge in [0, 0.05) is 23.5 Å². The Balaban J connectivity index is 1.60. The summed E-state index contributed by atoms with van der Waals surface area (Å²) in [4.78, 5) is 36.8. The summed E-state index contributed by atoms with van der Waals surface area (Å²) in [5.74, 6) is -1.17. The standard InChI is InChI=1S/C21H20ClN3O4/c1-2-25-20(27)17-6-4-3-5-16(17)19(24-25)21(28)29-13-18(26)23-12-11-14-7-9-15(22)10-8-14/h3-10H,2,11-13H2,1H3,(H,23,26). The van der Waals surface area contributed by atoms with E-state index in [1.807, 2.05) is 12.1 Å². The van der Waals surface area contributed by atoms with Crippen LogP contribution < -0.4 is 10.9 Å². The van der Waals surface area contributed by atoms with Crippen LogP contribution in [0.5, 0.6) is 0 Å². The molecule has 0 aliphatic heterocycles.